The van der Waals surface area contributed by atoms with Gasteiger partial charge in [-0.2, -0.15) is 0 Å². The van der Waals surface area contributed by atoms with E-state index in [4.69, 9.17) is 29.2 Å². The van der Waals surface area contributed by atoms with Crippen LogP contribution in [0.4, 0.5) is 8.78 Å². The smallest absolute Gasteiger partial charge is 0.328 e. The number of ether oxygens (including phenoxy) is 4. The molecule has 0 amide bonds. The van der Waals surface area contributed by atoms with Crippen LogP contribution in [0, 0.1) is 17.6 Å². The number of nitrogens with zero attached hydrogens (tertiary/aromatic N) is 1. The van der Waals surface area contributed by atoms with E-state index in [1.54, 1.807) is 38.5 Å². The molecule has 1 fully saturated rings. The van der Waals surface area contributed by atoms with Gasteiger partial charge in [0.1, 0.15) is 17.7 Å². The Morgan fingerprint density at radius 1 is 0.891 bits per heavy atom. The van der Waals surface area contributed by atoms with Crippen molar-refractivity contribution in [1.82, 2.24) is 4.90 Å². The van der Waals surface area contributed by atoms with Gasteiger partial charge in [-0.3, -0.25) is 0 Å². The van der Waals surface area contributed by atoms with E-state index in [0.29, 0.717) is 24.7 Å². The molecule has 3 aromatic carbocycles. The molecule has 11 heteroatoms. The maximum absolute atomic E-state index is 13.5. The third kappa shape index (κ3) is 9.59. The number of piperidine rings is 1. The Hall–Kier alpha value is -4.32. The minimum atomic E-state index is -1.26. The minimum absolute atomic E-state index is 0.0679. The van der Waals surface area contributed by atoms with Crippen LogP contribution in [0.5, 0.6) is 11.5 Å². The van der Waals surface area contributed by atoms with E-state index in [-0.39, 0.29) is 23.8 Å². The van der Waals surface area contributed by atoms with Gasteiger partial charge >= 0.3 is 11.9 Å². The maximum atomic E-state index is 13.5. The van der Waals surface area contributed by atoms with Gasteiger partial charge in [-0.05, 0) is 96.9 Å². The molecule has 2 aliphatic heterocycles. The average molecular weight is 640 g/mol. The number of likely N-dealkylation sites (tertiary alicyclic amines) is 1. The van der Waals surface area contributed by atoms with Crippen molar-refractivity contribution < 1.29 is 47.5 Å². The second kappa shape index (κ2) is 16.8. The van der Waals surface area contributed by atoms with Crippen LogP contribution >= 0.6 is 0 Å². The number of carbonyl (C=O) groups is 2. The molecule has 0 aromatic heterocycles. The number of benzene rings is 3. The first-order valence-electron chi connectivity index (χ1n) is 15.0. The van der Waals surface area contributed by atoms with E-state index in [1.165, 1.54) is 35.4 Å². The Balaban J connectivity index is 0.000000533. The summed E-state index contributed by atoms with van der Waals surface area (Å²) in [7, 11) is 3.34. The zero-order chi connectivity index (χ0) is 33.1. The highest BCUT2D eigenvalue weighted by Crippen LogP contribution is 2.42. The van der Waals surface area contributed by atoms with E-state index in [2.05, 4.69) is 17.0 Å². The van der Waals surface area contributed by atoms with Crippen molar-refractivity contribution >= 4 is 11.9 Å². The standard InChI is InChI=1S/C31H35F2NO4.C4H4O4/c1-35-28-19-24-13-17-37-31(27(24)20-29(28)36-2)23-11-14-34(15-12-23)16-18-38-30(21-3-7-25(32)8-4-21)22-5-9-26(33)10-6-22;5-3(6)1-2-4(7)8/h3-10,19-20,23,30-31H,11-18H2,1-2H3;1-2H,(H,5,6)(H,7,8). The van der Waals surface area contributed by atoms with Gasteiger partial charge in [-0.15, -0.1) is 0 Å². The number of carboxylic acid groups (broad SMARTS) is 2. The Labute approximate surface area is 267 Å². The molecular formula is C35H39F2NO8. The lowest BCUT2D eigenvalue weighted by atomic mass is 9.83. The third-order valence-corrected chi connectivity index (χ3v) is 8.09. The number of hydrogen-bond donors (Lipinski definition) is 2. The van der Waals surface area contributed by atoms with Gasteiger partial charge in [0.25, 0.3) is 0 Å². The second-order valence-corrected chi connectivity index (χ2v) is 11.0. The maximum Gasteiger partial charge on any atom is 0.328 e. The van der Waals surface area contributed by atoms with Gasteiger partial charge < -0.3 is 34.1 Å². The summed E-state index contributed by atoms with van der Waals surface area (Å²) in [6.45, 7) is 3.96. The molecular weight excluding hydrogens is 600 g/mol. The van der Waals surface area contributed by atoms with Crippen LogP contribution in [0.1, 0.15) is 47.3 Å². The fraction of sp³-hybridized carbons (Fsp3) is 0.371. The molecule has 0 saturated carbocycles. The minimum Gasteiger partial charge on any atom is -0.493 e. The van der Waals surface area contributed by atoms with Crippen LogP contribution < -0.4 is 9.47 Å². The fourth-order valence-electron chi connectivity index (χ4n) is 5.78. The van der Waals surface area contributed by atoms with Crippen LogP contribution in [-0.2, 0) is 25.5 Å². The summed E-state index contributed by atoms with van der Waals surface area (Å²) in [6.07, 6.45) is 3.76. The molecule has 2 N–H and O–H groups in total. The predicted molar refractivity (Wildman–Crippen MR) is 166 cm³/mol. The molecule has 0 spiro atoms. The molecule has 1 unspecified atom stereocenters. The topological polar surface area (TPSA) is 115 Å². The Bertz CT molecular complexity index is 1410. The molecule has 246 valence electrons. The second-order valence-electron chi connectivity index (χ2n) is 11.0. The molecule has 1 saturated heterocycles. The average Bonchev–Trinajstić information content (AvgIpc) is 3.06. The molecule has 46 heavy (non-hydrogen) atoms. The SMILES string of the molecule is COc1cc2c(cc1OC)C(C1CCN(CCOC(c3ccc(F)cc3)c3ccc(F)cc3)CC1)OCC2.O=C(O)C=CC(=O)O. The van der Waals surface area contributed by atoms with Gasteiger partial charge in [0, 0.05) is 18.7 Å². The molecule has 0 radical (unpaired) electrons. The van der Waals surface area contributed by atoms with Crippen LogP contribution in [0.2, 0.25) is 0 Å². The van der Waals surface area contributed by atoms with E-state index in [0.717, 1.165) is 68.1 Å². The molecule has 5 rings (SSSR count). The summed E-state index contributed by atoms with van der Waals surface area (Å²) in [6, 6.07) is 16.8. The first-order valence-corrected chi connectivity index (χ1v) is 15.0. The predicted octanol–water partition coefficient (Wildman–Crippen LogP) is 5.83. The number of rotatable bonds is 11. The highest BCUT2D eigenvalue weighted by atomic mass is 19.1. The lowest BCUT2D eigenvalue weighted by Gasteiger charge is -2.38. The Kier molecular flexibility index (Phi) is 12.6. The number of aliphatic carboxylic acids is 2. The number of halogens is 2. The van der Waals surface area contributed by atoms with Crippen LogP contribution in [0.3, 0.4) is 0 Å². The van der Waals surface area contributed by atoms with E-state index >= 15 is 0 Å². The van der Waals surface area contributed by atoms with E-state index in [1.807, 2.05) is 0 Å². The summed E-state index contributed by atoms with van der Waals surface area (Å²) < 4.78 is 50.6. The quantitative estimate of drug-likeness (QED) is 0.250. The lowest BCUT2D eigenvalue weighted by Crippen LogP contribution is -2.39. The van der Waals surface area contributed by atoms with Gasteiger partial charge in [0.05, 0.1) is 33.5 Å². The van der Waals surface area contributed by atoms with E-state index < -0.39 is 11.9 Å². The summed E-state index contributed by atoms with van der Waals surface area (Å²) >= 11 is 0. The highest BCUT2D eigenvalue weighted by Gasteiger charge is 2.33. The molecule has 9 nitrogen and oxygen atoms in total. The number of carboxylic acids is 2. The number of methoxy groups -OCH3 is 2. The normalized spacial score (nSPS) is 16.8. The molecule has 3 aromatic rings. The van der Waals surface area contributed by atoms with Crippen molar-refractivity contribution in [1.29, 1.82) is 0 Å². The van der Waals surface area contributed by atoms with Crippen molar-refractivity contribution in [3.63, 3.8) is 0 Å². The summed E-state index contributed by atoms with van der Waals surface area (Å²) in [4.78, 5) is 21.5. The lowest BCUT2D eigenvalue weighted by molar-refractivity contribution is -0.134. The number of hydrogen-bond acceptors (Lipinski definition) is 7. The fourth-order valence-corrected chi connectivity index (χ4v) is 5.78. The Morgan fingerprint density at radius 3 is 1.91 bits per heavy atom. The van der Waals surface area contributed by atoms with Crippen molar-refractivity contribution in [3.8, 4) is 11.5 Å². The zero-order valence-corrected chi connectivity index (χ0v) is 25.9. The monoisotopic (exact) mass is 639 g/mol. The van der Waals surface area contributed by atoms with Gasteiger partial charge in [-0.25, -0.2) is 18.4 Å². The molecule has 2 aliphatic rings. The molecule has 1 atom stereocenters. The van der Waals surface area contributed by atoms with Gasteiger partial charge in [0.2, 0.25) is 0 Å². The first-order chi connectivity index (χ1) is 22.2. The molecule has 2 heterocycles. The summed E-state index contributed by atoms with van der Waals surface area (Å²) in [5, 5.41) is 15.6. The summed E-state index contributed by atoms with van der Waals surface area (Å²) in [5.41, 5.74) is 4.19. The van der Waals surface area contributed by atoms with Crippen molar-refractivity contribution in [3.05, 3.63) is 107 Å². The van der Waals surface area contributed by atoms with Crippen molar-refractivity contribution in [2.45, 2.75) is 31.5 Å². The first kappa shape index (κ1) is 34.6. The van der Waals surface area contributed by atoms with Gasteiger partial charge in [-0.1, -0.05) is 24.3 Å². The highest BCUT2D eigenvalue weighted by molar-refractivity contribution is 5.89. The number of fused-ring (bicyclic) bond motifs is 1. The largest absolute Gasteiger partial charge is 0.493 e. The molecule has 0 aliphatic carbocycles. The van der Waals surface area contributed by atoms with Crippen molar-refractivity contribution in [2.75, 3.05) is 47.1 Å². The van der Waals surface area contributed by atoms with Crippen LogP contribution in [0.25, 0.3) is 0 Å². The van der Waals surface area contributed by atoms with Crippen LogP contribution in [-0.4, -0.2) is 74.1 Å². The summed E-state index contributed by atoms with van der Waals surface area (Å²) in [5.74, 6) is -1.15. The van der Waals surface area contributed by atoms with Gasteiger partial charge in [0.15, 0.2) is 11.5 Å². The molecule has 0 bridgehead atoms. The Morgan fingerprint density at radius 2 is 1.41 bits per heavy atom. The van der Waals surface area contributed by atoms with E-state index in [9.17, 15) is 18.4 Å². The van der Waals surface area contributed by atoms with Crippen molar-refractivity contribution in [2.24, 2.45) is 5.92 Å². The third-order valence-electron chi connectivity index (χ3n) is 8.09. The zero-order valence-electron chi connectivity index (χ0n) is 25.9. The van der Waals surface area contributed by atoms with Crippen LogP contribution in [0.15, 0.2) is 72.8 Å².